The first kappa shape index (κ1) is 19.2. The molecule has 0 saturated heterocycles. The summed E-state index contributed by atoms with van der Waals surface area (Å²) in [6.45, 7) is 0.512. The Morgan fingerprint density at radius 1 is 1.07 bits per heavy atom. The zero-order chi connectivity index (χ0) is 19.2. The van der Waals surface area contributed by atoms with Crippen LogP contribution in [-0.4, -0.2) is 17.3 Å². The molecule has 0 fully saturated rings. The first-order valence-electron chi connectivity index (χ1n) is 8.32. The summed E-state index contributed by atoms with van der Waals surface area (Å²) < 4.78 is 6.16. The van der Waals surface area contributed by atoms with Crippen molar-refractivity contribution in [3.05, 3.63) is 82.8 Å². The lowest BCUT2D eigenvalue weighted by Crippen LogP contribution is -2.34. The maximum atomic E-state index is 9.85. The number of benzene rings is 3. The molecule has 0 atom stereocenters. The summed E-state index contributed by atoms with van der Waals surface area (Å²) in [7, 11) is 1.53. The van der Waals surface area contributed by atoms with Gasteiger partial charge in [-0.25, -0.2) is 0 Å². The molecule has 4 nitrogen and oxygen atoms in total. The number of aromatic hydroxyl groups is 1. The maximum Gasteiger partial charge on any atom is 0.178 e. The molecule has 0 radical (unpaired) electrons. The summed E-state index contributed by atoms with van der Waals surface area (Å²) in [4.78, 5) is 2.00. The molecule has 0 saturated carbocycles. The molecule has 3 rings (SSSR count). The zero-order valence-corrected chi connectivity index (χ0v) is 17.1. The number of halogens is 1. The van der Waals surface area contributed by atoms with Gasteiger partial charge >= 0.3 is 0 Å². The first-order chi connectivity index (χ1) is 13.1. The van der Waals surface area contributed by atoms with E-state index in [4.69, 9.17) is 17.0 Å². The van der Waals surface area contributed by atoms with Crippen LogP contribution in [0.1, 0.15) is 5.56 Å². The van der Waals surface area contributed by atoms with Gasteiger partial charge in [-0.15, -0.1) is 0 Å². The number of thiocarbonyl (C=S) groups is 1. The molecule has 0 unspecified atom stereocenters. The third-order valence-electron chi connectivity index (χ3n) is 4.00. The molecule has 0 aromatic heterocycles. The average molecular weight is 443 g/mol. The van der Waals surface area contributed by atoms with Gasteiger partial charge in [-0.3, -0.25) is 0 Å². The average Bonchev–Trinajstić information content (AvgIpc) is 2.68. The Labute approximate surface area is 172 Å². The predicted octanol–water partition coefficient (Wildman–Crippen LogP) is 5.57. The van der Waals surface area contributed by atoms with Crippen molar-refractivity contribution in [2.45, 2.75) is 6.54 Å². The van der Waals surface area contributed by atoms with Crippen LogP contribution in [0.25, 0.3) is 0 Å². The third-order valence-corrected chi connectivity index (χ3v) is 4.99. The first-order valence-corrected chi connectivity index (χ1v) is 9.52. The quantitative estimate of drug-likeness (QED) is 0.505. The molecule has 138 valence electrons. The zero-order valence-electron chi connectivity index (χ0n) is 14.7. The van der Waals surface area contributed by atoms with Crippen molar-refractivity contribution < 1.29 is 9.84 Å². The number of methoxy groups -OCH3 is 1. The summed E-state index contributed by atoms with van der Waals surface area (Å²) in [5.41, 5.74) is 2.82. The van der Waals surface area contributed by atoms with E-state index in [9.17, 15) is 5.11 Å². The Hall–Kier alpha value is -2.57. The lowest BCUT2D eigenvalue weighted by molar-refractivity contribution is 0.373. The minimum absolute atomic E-state index is 0.110. The van der Waals surface area contributed by atoms with E-state index >= 15 is 0 Å². The molecular weight excluding hydrogens is 424 g/mol. The highest BCUT2D eigenvalue weighted by Crippen LogP contribution is 2.31. The minimum Gasteiger partial charge on any atom is -0.504 e. The van der Waals surface area contributed by atoms with E-state index in [0.717, 1.165) is 21.4 Å². The van der Waals surface area contributed by atoms with Gasteiger partial charge in [0.15, 0.2) is 16.6 Å². The molecule has 0 amide bonds. The van der Waals surface area contributed by atoms with Gasteiger partial charge in [0.05, 0.1) is 19.3 Å². The Bertz CT molecular complexity index is 934. The number of ether oxygens (including phenoxy) is 1. The van der Waals surface area contributed by atoms with Crippen LogP contribution in [0.15, 0.2) is 77.3 Å². The highest BCUT2D eigenvalue weighted by molar-refractivity contribution is 9.10. The van der Waals surface area contributed by atoms with Crippen LogP contribution >= 0.6 is 28.1 Å². The van der Waals surface area contributed by atoms with Gasteiger partial charge in [0.25, 0.3) is 0 Å². The third kappa shape index (κ3) is 4.78. The van der Waals surface area contributed by atoms with Gasteiger partial charge in [0.2, 0.25) is 0 Å². The summed E-state index contributed by atoms with van der Waals surface area (Å²) in [6, 6.07) is 23.0. The number of nitrogens with one attached hydrogen (secondary N) is 1. The van der Waals surface area contributed by atoms with Crippen molar-refractivity contribution in [2.24, 2.45) is 0 Å². The molecule has 0 spiro atoms. The van der Waals surface area contributed by atoms with Crippen molar-refractivity contribution in [1.82, 2.24) is 0 Å². The summed E-state index contributed by atoms with van der Waals surface area (Å²) in [6.07, 6.45) is 0. The van der Waals surface area contributed by atoms with Gasteiger partial charge < -0.3 is 20.1 Å². The molecular formula is C21H19BrN2O2S. The Morgan fingerprint density at radius 2 is 1.78 bits per heavy atom. The predicted molar refractivity (Wildman–Crippen MR) is 118 cm³/mol. The fourth-order valence-corrected chi connectivity index (χ4v) is 3.43. The molecule has 3 aromatic rings. The Morgan fingerprint density at radius 3 is 2.48 bits per heavy atom. The number of nitrogens with zero attached hydrogens (tertiary/aromatic N) is 1. The molecule has 27 heavy (non-hydrogen) atoms. The largest absolute Gasteiger partial charge is 0.504 e. The van der Waals surface area contributed by atoms with Gasteiger partial charge in [0.1, 0.15) is 0 Å². The molecule has 0 bridgehead atoms. The van der Waals surface area contributed by atoms with Crippen LogP contribution in [0.4, 0.5) is 11.4 Å². The van der Waals surface area contributed by atoms with Gasteiger partial charge in [0, 0.05) is 10.2 Å². The number of rotatable bonds is 5. The second kappa shape index (κ2) is 8.88. The van der Waals surface area contributed by atoms with Crippen LogP contribution in [0.3, 0.4) is 0 Å². The molecule has 0 aliphatic carbocycles. The minimum atomic E-state index is 0.110. The number of anilines is 2. The van der Waals surface area contributed by atoms with E-state index in [1.165, 1.54) is 7.11 Å². The number of para-hydroxylation sites is 2. The number of phenols is 1. The van der Waals surface area contributed by atoms with Crippen LogP contribution in [0, 0.1) is 0 Å². The Balaban J connectivity index is 1.93. The van der Waals surface area contributed by atoms with E-state index in [0.29, 0.717) is 17.4 Å². The second-order valence-corrected chi connectivity index (χ2v) is 7.08. The van der Waals surface area contributed by atoms with Crippen LogP contribution < -0.4 is 15.0 Å². The summed E-state index contributed by atoms with van der Waals surface area (Å²) in [5, 5.41) is 13.7. The lowest BCUT2D eigenvalue weighted by Gasteiger charge is -2.27. The molecule has 3 aromatic carbocycles. The second-order valence-electron chi connectivity index (χ2n) is 5.84. The van der Waals surface area contributed by atoms with E-state index < -0.39 is 0 Å². The monoisotopic (exact) mass is 442 g/mol. The lowest BCUT2D eigenvalue weighted by atomic mass is 10.1. The molecule has 0 heterocycles. The van der Waals surface area contributed by atoms with Crippen LogP contribution in [0.5, 0.6) is 11.5 Å². The molecule has 6 heteroatoms. The molecule has 0 aliphatic rings. The molecule has 0 aliphatic heterocycles. The smallest absolute Gasteiger partial charge is 0.178 e. The fourth-order valence-electron chi connectivity index (χ4n) is 2.65. The summed E-state index contributed by atoms with van der Waals surface area (Å²) in [5.74, 6) is 0.542. The van der Waals surface area contributed by atoms with Gasteiger partial charge in [-0.1, -0.05) is 36.4 Å². The maximum absolute atomic E-state index is 9.85. The topological polar surface area (TPSA) is 44.7 Å². The number of hydrogen-bond donors (Lipinski definition) is 2. The van der Waals surface area contributed by atoms with E-state index in [-0.39, 0.29) is 5.75 Å². The van der Waals surface area contributed by atoms with E-state index in [1.54, 1.807) is 6.07 Å². The highest BCUT2D eigenvalue weighted by atomic mass is 79.9. The SMILES string of the molecule is COc1cc(CN(C(=S)Nc2ccccc2)c2ccccc2Br)ccc1O. The highest BCUT2D eigenvalue weighted by Gasteiger charge is 2.16. The number of phenolic OH excluding ortho intramolecular Hbond substituents is 1. The standard InChI is InChI=1S/C21H19BrN2O2S/c1-26-20-13-15(11-12-19(20)25)14-24(18-10-6-5-9-17(18)22)21(27)23-16-7-3-2-4-8-16/h2-13,25H,14H2,1H3,(H,23,27). The van der Waals surface area contributed by atoms with Crippen molar-refractivity contribution in [3.63, 3.8) is 0 Å². The van der Waals surface area contributed by atoms with Crippen LogP contribution in [-0.2, 0) is 6.54 Å². The van der Waals surface area contributed by atoms with Crippen molar-refractivity contribution in [1.29, 1.82) is 0 Å². The Kier molecular flexibility index (Phi) is 6.32. The van der Waals surface area contributed by atoms with Crippen LogP contribution in [0.2, 0.25) is 0 Å². The number of hydrogen-bond acceptors (Lipinski definition) is 3. The van der Waals surface area contributed by atoms with E-state index in [1.807, 2.05) is 71.6 Å². The van der Waals surface area contributed by atoms with E-state index in [2.05, 4.69) is 21.2 Å². The molecule has 2 N–H and O–H groups in total. The fraction of sp³-hybridized carbons (Fsp3) is 0.0952. The summed E-state index contributed by atoms with van der Waals surface area (Å²) >= 11 is 9.31. The van der Waals surface area contributed by atoms with Crippen molar-refractivity contribution >= 4 is 44.6 Å². The van der Waals surface area contributed by atoms with Gasteiger partial charge in [-0.2, -0.15) is 0 Å². The van der Waals surface area contributed by atoms with Crippen molar-refractivity contribution in [3.8, 4) is 11.5 Å². The van der Waals surface area contributed by atoms with Gasteiger partial charge in [-0.05, 0) is 70.1 Å². The normalized spacial score (nSPS) is 10.3. The van der Waals surface area contributed by atoms with Crippen molar-refractivity contribution in [2.75, 3.05) is 17.3 Å².